The number of hydrogen-bond acceptors (Lipinski definition) is 3. The molecule has 18 heavy (non-hydrogen) atoms. The Labute approximate surface area is 111 Å². The summed E-state index contributed by atoms with van der Waals surface area (Å²) in [6, 6.07) is 0.796. The topological polar surface area (TPSA) is 35.5 Å². The van der Waals surface area contributed by atoms with Crippen LogP contribution in [0.2, 0.25) is 0 Å². The van der Waals surface area contributed by atoms with Gasteiger partial charge in [-0.1, -0.05) is 12.8 Å². The molecule has 0 radical (unpaired) electrons. The molecule has 3 heteroatoms. The van der Waals surface area contributed by atoms with Gasteiger partial charge in [0.15, 0.2) is 0 Å². The first kappa shape index (κ1) is 12.9. The molecule has 0 unspecified atom stereocenters. The van der Waals surface area contributed by atoms with E-state index in [4.69, 9.17) is 0 Å². The van der Waals surface area contributed by atoms with Crippen molar-refractivity contribution in [2.24, 2.45) is 5.92 Å². The molecule has 2 N–H and O–H groups in total. The van der Waals surface area contributed by atoms with Gasteiger partial charge >= 0.3 is 0 Å². The standard InChI is InChI=1S/C15H28N2O/c18-15(7-1-2-8-15)12-17(14-3-4-14)11-13-5-9-16-10-6-13/h13-14,16,18H,1-12H2. The normalized spacial score (nSPS) is 29.0. The van der Waals surface area contributed by atoms with Crippen LogP contribution in [0.25, 0.3) is 0 Å². The zero-order valence-corrected chi connectivity index (χ0v) is 11.5. The molecule has 0 bridgehead atoms. The van der Waals surface area contributed by atoms with Gasteiger partial charge in [-0.25, -0.2) is 0 Å². The van der Waals surface area contributed by atoms with Crippen LogP contribution in [0.1, 0.15) is 51.4 Å². The Morgan fingerprint density at radius 2 is 1.72 bits per heavy atom. The van der Waals surface area contributed by atoms with E-state index in [0.29, 0.717) is 0 Å². The van der Waals surface area contributed by atoms with E-state index >= 15 is 0 Å². The minimum absolute atomic E-state index is 0.352. The highest BCUT2D eigenvalue weighted by molar-refractivity contribution is 4.94. The maximum Gasteiger partial charge on any atom is 0.0774 e. The van der Waals surface area contributed by atoms with Crippen molar-refractivity contribution < 1.29 is 5.11 Å². The second kappa shape index (κ2) is 5.48. The van der Waals surface area contributed by atoms with E-state index in [2.05, 4.69) is 10.2 Å². The average molecular weight is 252 g/mol. The van der Waals surface area contributed by atoms with Crippen LogP contribution in [0, 0.1) is 5.92 Å². The lowest BCUT2D eigenvalue weighted by Crippen LogP contribution is -2.45. The van der Waals surface area contributed by atoms with E-state index in [1.807, 2.05) is 0 Å². The summed E-state index contributed by atoms with van der Waals surface area (Å²) in [5.74, 6) is 0.858. The molecule has 1 saturated heterocycles. The zero-order valence-electron chi connectivity index (χ0n) is 11.5. The number of rotatable bonds is 5. The Bertz CT molecular complexity index is 266. The van der Waals surface area contributed by atoms with Crippen molar-refractivity contribution in [3.63, 3.8) is 0 Å². The third-order valence-electron chi connectivity index (χ3n) is 5.05. The van der Waals surface area contributed by atoms with Crippen LogP contribution < -0.4 is 5.32 Å². The largest absolute Gasteiger partial charge is 0.389 e. The van der Waals surface area contributed by atoms with Crippen LogP contribution in [0.3, 0.4) is 0 Å². The van der Waals surface area contributed by atoms with Crippen molar-refractivity contribution in [3.05, 3.63) is 0 Å². The molecule has 0 aromatic rings. The number of aliphatic hydroxyl groups is 1. The molecule has 0 aromatic carbocycles. The fourth-order valence-corrected chi connectivity index (χ4v) is 3.75. The summed E-state index contributed by atoms with van der Waals surface area (Å²) in [6.07, 6.45) is 9.88. The SMILES string of the molecule is OC1(CN(CC2CCNCC2)C2CC2)CCCC1. The van der Waals surface area contributed by atoms with E-state index in [0.717, 1.165) is 31.3 Å². The molecule has 1 aliphatic heterocycles. The summed E-state index contributed by atoms with van der Waals surface area (Å²) < 4.78 is 0. The van der Waals surface area contributed by atoms with Crippen LogP contribution in [0.5, 0.6) is 0 Å². The van der Waals surface area contributed by atoms with Gasteiger partial charge in [0.05, 0.1) is 5.60 Å². The maximum absolute atomic E-state index is 10.6. The Hall–Kier alpha value is -0.120. The van der Waals surface area contributed by atoms with E-state index in [1.165, 1.54) is 58.2 Å². The second-order valence-corrected chi connectivity index (χ2v) is 6.79. The lowest BCUT2D eigenvalue weighted by Gasteiger charge is -2.35. The summed E-state index contributed by atoms with van der Waals surface area (Å²) in [5.41, 5.74) is -0.352. The quantitative estimate of drug-likeness (QED) is 0.782. The molecule has 3 nitrogen and oxygen atoms in total. The molecule has 2 saturated carbocycles. The van der Waals surface area contributed by atoms with Crippen molar-refractivity contribution in [3.8, 4) is 0 Å². The minimum Gasteiger partial charge on any atom is -0.389 e. The highest BCUT2D eigenvalue weighted by Crippen LogP contribution is 2.35. The predicted octanol–water partition coefficient (Wildman–Crippen LogP) is 1.76. The monoisotopic (exact) mass is 252 g/mol. The first-order chi connectivity index (χ1) is 8.75. The summed E-state index contributed by atoms with van der Waals surface area (Å²) in [5, 5.41) is 14.1. The molecule has 1 heterocycles. The van der Waals surface area contributed by atoms with Crippen LogP contribution in [0.15, 0.2) is 0 Å². The number of nitrogens with one attached hydrogen (secondary N) is 1. The highest BCUT2D eigenvalue weighted by Gasteiger charge is 2.38. The molecule has 3 rings (SSSR count). The van der Waals surface area contributed by atoms with Crippen molar-refractivity contribution in [2.45, 2.75) is 63.0 Å². The van der Waals surface area contributed by atoms with Gasteiger partial charge in [-0.15, -0.1) is 0 Å². The Morgan fingerprint density at radius 1 is 1.06 bits per heavy atom. The Balaban J connectivity index is 1.54. The molecule has 2 aliphatic carbocycles. The van der Waals surface area contributed by atoms with E-state index in [9.17, 15) is 5.11 Å². The van der Waals surface area contributed by atoms with Crippen LogP contribution >= 0.6 is 0 Å². The fraction of sp³-hybridized carbons (Fsp3) is 1.00. The van der Waals surface area contributed by atoms with Gasteiger partial charge < -0.3 is 10.4 Å². The van der Waals surface area contributed by atoms with Gasteiger partial charge in [0.1, 0.15) is 0 Å². The fourth-order valence-electron chi connectivity index (χ4n) is 3.75. The van der Waals surface area contributed by atoms with Gasteiger partial charge in [0, 0.05) is 19.1 Å². The van der Waals surface area contributed by atoms with E-state index < -0.39 is 0 Å². The second-order valence-electron chi connectivity index (χ2n) is 6.79. The number of hydrogen-bond donors (Lipinski definition) is 2. The molecule has 0 amide bonds. The molecule has 0 aromatic heterocycles. The lowest BCUT2D eigenvalue weighted by atomic mass is 9.95. The molecule has 104 valence electrons. The Morgan fingerprint density at radius 3 is 2.33 bits per heavy atom. The van der Waals surface area contributed by atoms with Crippen molar-refractivity contribution in [1.29, 1.82) is 0 Å². The number of piperidine rings is 1. The molecule has 3 fully saturated rings. The predicted molar refractivity (Wildman–Crippen MR) is 73.6 cm³/mol. The van der Waals surface area contributed by atoms with E-state index in [1.54, 1.807) is 0 Å². The van der Waals surface area contributed by atoms with Crippen molar-refractivity contribution >= 4 is 0 Å². The first-order valence-corrected chi connectivity index (χ1v) is 7.92. The lowest BCUT2D eigenvalue weighted by molar-refractivity contribution is 0.00126. The molecule has 0 atom stereocenters. The maximum atomic E-state index is 10.6. The summed E-state index contributed by atoms with van der Waals surface area (Å²) >= 11 is 0. The highest BCUT2D eigenvalue weighted by atomic mass is 16.3. The van der Waals surface area contributed by atoms with Crippen LogP contribution in [0.4, 0.5) is 0 Å². The van der Waals surface area contributed by atoms with Gasteiger partial charge in [-0.05, 0) is 57.5 Å². The van der Waals surface area contributed by atoms with Crippen molar-refractivity contribution in [2.75, 3.05) is 26.2 Å². The average Bonchev–Trinajstić information content (AvgIpc) is 3.14. The minimum atomic E-state index is -0.352. The number of nitrogens with zero attached hydrogens (tertiary/aromatic N) is 1. The van der Waals surface area contributed by atoms with Gasteiger partial charge in [0.25, 0.3) is 0 Å². The zero-order chi connectivity index (χ0) is 12.4. The third kappa shape index (κ3) is 3.25. The van der Waals surface area contributed by atoms with Crippen LogP contribution in [-0.4, -0.2) is 47.8 Å². The third-order valence-corrected chi connectivity index (χ3v) is 5.05. The smallest absolute Gasteiger partial charge is 0.0774 e. The molecular formula is C15H28N2O. The molecule has 0 spiro atoms. The summed E-state index contributed by atoms with van der Waals surface area (Å²) in [4.78, 5) is 2.63. The summed E-state index contributed by atoms with van der Waals surface area (Å²) in [7, 11) is 0. The molecular weight excluding hydrogens is 224 g/mol. The Kier molecular flexibility index (Phi) is 3.92. The van der Waals surface area contributed by atoms with Crippen molar-refractivity contribution in [1.82, 2.24) is 10.2 Å². The van der Waals surface area contributed by atoms with Gasteiger partial charge in [0.2, 0.25) is 0 Å². The first-order valence-electron chi connectivity index (χ1n) is 7.92. The van der Waals surface area contributed by atoms with Crippen LogP contribution in [-0.2, 0) is 0 Å². The van der Waals surface area contributed by atoms with Gasteiger partial charge in [-0.3, -0.25) is 4.90 Å². The molecule has 3 aliphatic rings. The van der Waals surface area contributed by atoms with E-state index in [-0.39, 0.29) is 5.60 Å². The van der Waals surface area contributed by atoms with Gasteiger partial charge in [-0.2, -0.15) is 0 Å². The summed E-state index contributed by atoms with van der Waals surface area (Å²) in [6.45, 7) is 4.55.